The third-order valence-electron chi connectivity index (χ3n) is 4.21. The van der Waals surface area contributed by atoms with Crippen LogP contribution in [0.1, 0.15) is 38.2 Å². The van der Waals surface area contributed by atoms with Gasteiger partial charge < -0.3 is 15.3 Å². The zero-order valence-electron chi connectivity index (χ0n) is 14.0. The molecule has 1 aromatic carbocycles. The molecule has 6 nitrogen and oxygen atoms in total. The van der Waals surface area contributed by atoms with E-state index in [0.717, 1.165) is 24.8 Å². The molecule has 24 heavy (non-hydrogen) atoms. The van der Waals surface area contributed by atoms with Crippen molar-refractivity contribution in [1.29, 1.82) is 0 Å². The van der Waals surface area contributed by atoms with E-state index in [-0.39, 0.29) is 18.4 Å². The maximum Gasteiger partial charge on any atom is 0.306 e. The molecule has 1 heterocycles. The van der Waals surface area contributed by atoms with Crippen molar-refractivity contribution in [3.63, 3.8) is 0 Å². The summed E-state index contributed by atoms with van der Waals surface area (Å²) in [4.78, 5) is 36.5. The van der Waals surface area contributed by atoms with Crippen molar-refractivity contribution in [2.24, 2.45) is 5.92 Å². The number of nitrogens with zero attached hydrogens (tertiary/aromatic N) is 1. The van der Waals surface area contributed by atoms with Crippen molar-refractivity contribution in [3.8, 4) is 0 Å². The number of aliphatic carboxylic acids is 1. The van der Waals surface area contributed by atoms with E-state index in [2.05, 4.69) is 5.32 Å². The van der Waals surface area contributed by atoms with Crippen LogP contribution < -0.4 is 5.32 Å². The Morgan fingerprint density at radius 2 is 1.92 bits per heavy atom. The molecule has 2 N–H and O–H groups in total. The Morgan fingerprint density at radius 3 is 2.58 bits per heavy atom. The molecule has 0 bridgehead atoms. The number of rotatable bonds is 6. The van der Waals surface area contributed by atoms with Gasteiger partial charge in [-0.25, -0.2) is 0 Å². The van der Waals surface area contributed by atoms with Crippen LogP contribution in [-0.4, -0.2) is 40.9 Å². The topological polar surface area (TPSA) is 86.7 Å². The number of carbonyl (C=O) groups is 3. The fraction of sp³-hybridized carbons (Fsp3) is 0.500. The highest BCUT2D eigenvalue weighted by Gasteiger charge is 2.19. The van der Waals surface area contributed by atoms with Crippen LogP contribution in [0.15, 0.2) is 24.3 Å². The molecule has 1 aromatic rings. The van der Waals surface area contributed by atoms with E-state index in [0.29, 0.717) is 25.1 Å². The number of hydrogen-bond donors (Lipinski definition) is 2. The highest BCUT2D eigenvalue weighted by atomic mass is 16.4. The zero-order valence-corrected chi connectivity index (χ0v) is 14.0. The largest absolute Gasteiger partial charge is 0.481 e. The van der Waals surface area contributed by atoms with Crippen LogP contribution >= 0.6 is 0 Å². The summed E-state index contributed by atoms with van der Waals surface area (Å²) in [6.45, 7) is 2.38. The summed E-state index contributed by atoms with van der Waals surface area (Å²) in [6, 6.07) is 7.14. The average molecular weight is 332 g/mol. The monoisotopic (exact) mass is 332 g/mol. The molecule has 0 unspecified atom stereocenters. The van der Waals surface area contributed by atoms with Crippen LogP contribution in [-0.2, 0) is 20.8 Å². The van der Waals surface area contributed by atoms with Gasteiger partial charge in [-0.3, -0.25) is 14.4 Å². The minimum atomic E-state index is -0.825. The Kier molecular flexibility index (Phi) is 6.35. The van der Waals surface area contributed by atoms with Crippen LogP contribution in [0.2, 0.25) is 0 Å². The minimum absolute atomic E-state index is 0.0423. The molecule has 0 aromatic heterocycles. The van der Waals surface area contributed by atoms with Gasteiger partial charge in [0.15, 0.2) is 0 Å². The number of carbonyl (C=O) groups excluding carboxylic acids is 2. The molecule has 0 saturated carbocycles. The molecular weight excluding hydrogens is 308 g/mol. The summed E-state index contributed by atoms with van der Waals surface area (Å²) in [5.41, 5.74) is 1.56. The molecule has 1 aliphatic heterocycles. The van der Waals surface area contributed by atoms with Crippen molar-refractivity contribution in [2.75, 3.05) is 18.4 Å². The fourth-order valence-electron chi connectivity index (χ4n) is 2.74. The van der Waals surface area contributed by atoms with Gasteiger partial charge >= 0.3 is 5.97 Å². The summed E-state index contributed by atoms with van der Waals surface area (Å²) in [6.07, 6.45) is 3.83. The van der Waals surface area contributed by atoms with Crippen LogP contribution in [0, 0.1) is 5.92 Å². The quantitative estimate of drug-likeness (QED) is 0.837. The Morgan fingerprint density at radius 1 is 1.21 bits per heavy atom. The molecule has 0 radical (unpaired) electrons. The third-order valence-corrected chi connectivity index (χ3v) is 4.21. The van der Waals surface area contributed by atoms with Gasteiger partial charge in [-0.05, 0) is 37.0 Å². The van der Waals surface area contributed by atoms with Crippen molar-refractivity contribution < 1.29 is 19.5 Å². The van der Waals surface area contributed by atoms with Crippen molar-refractivity contribution in [3.05, 3.63) is 29.8 Å². The summed E-state index contributed by atoms with van der Waals surface area (Å²) in [7, 11) is 0. The van der Waals surface area contributed by atoms with E-state index in [1.807, 2.05) is 12.1 Å². The lowest BCUT2D eigenvalue weighted by atomic mass is 10.0. The smallest absolute Gasteiger partial charge is 0.306 e. The molecule has 1 fully saturated rings. The lowest BCUT2D eigenvalue weighted by Gasteiger charge is -2.19. The second-order valence-electron chi connectivity index (χ2n) is 6.31. The molecule has 2 rings (SSSR count). The molecule has 1 aliphatic rings. The van der Waals surface area contributed by atoms with Gasteiger partial charge in [0.1, 0.15) is 0 Å². The van der Waals surface area contributed by atoms with Gasteiger partial charge in [-0.2, -0.15) is 0 Å². The van der Waals surface area contributed by atoms with Gasteiger partial charge in [-0.1, -0.05) is 25.5 Å². The minimum Gasteiger partial charge on any atom is -0.481 e. The molecule has 2 amide bonds. The van der Waals surface area contributed by atoms with E-state index in [1.54, 1.807) is 24.0 Å². The van der Waals surface area contributed by atoms with Gasteiger partial charge in [0.2, 0.25) is 11.8 Å². The molecule has 1 atom stereocenters. The highest BCUT2D eigenvalue weighted by molar-refractivity contribution is 5.94. The van der Waals surface area contributed by atoms with Gasteiger partial charge in [0.05, 0.1) is 12.5 Å². The predicted molar refractivity (Wildman–Crippen MR) is 90.6 cm³/mol. The van der Waals surface area contributed by atoms with Crippen molar-refractivity contribution >= 4 is 23.5 Å². The first-order valence-corrected chi connectivity index (χ1v) is 8.35. The van der Waals surface area contributed by atoms with Gasteiger partial charge in [0, 0.05) is 18.7 Å². The summed E-state index contributed by atoms with van der Waals surface area (Å²) >= 11 is 0. The van der Waals surface area contributed by atoms with E-state index < -0.39 is 11.9 Å². The van der Waals surface area contributed by atoms with Crippen LogP contribution in [0.5, 0.6) is 0 Å². The lowest BCUT2D eigenvalue weighted by Crippen LogP contribution is -2.37. The van der Waals surface area contributed by atoms with E-state index in [9.17, 15) is 14.4 Å². The molecule has 0 aliphatic carbocycles. The first-order chi connectivity index (χ1) is 11.5. The third kappa shape index (κ3) is 5.37. The molecule has 6 heteroatoms. The fourth-order valence-corrected chi connectivity index (χ4v) is 2.74. The summed E-state index contributed by atoms with van der Waals surface area (Å²) in [5, 5.41) is 11.7. The predicted octanol–water partition coefficient (Wildman–Crippen LogP) is 2.29. The number of likely N-dealkylation sites (tertiary alicyclic amines) is 1. The molecular formula is C18H24N2O4. The zero-order chi connectivity index (χ0) is 17.5. The maximum atomic E-state index is 12.1. The summed E-state index contributed by atoms with van der Waals surface area (Å²) < 4.78 is 0. The van der Waals surface area contributed by atoms with E-state index in [4.69, 9.17) is 5.11 Å². The Bertz CT molecular complexity index is 598. The molecule has 130 valence electrons. The SMILES string of the molecule is C[C@@H](Cc1ccc(NC(=O)CN2CCCCCC2=O)cc1)C(=O)O. The van der Waals surface area contributed by atoms with Crippen molar-refractivity contribution in [2.45, 2.75) is 39.0 Å². The van der Waals surface area contributed by atoms with Crippen LogP contribution in [0.3, 0.4) is 0 Å². The standard InChI is InChI=1S/C18H24N2O4/c1-13(18(23)24)11-14-6-8-15(9-7-14)19-16(21)12-20-10-4-2-3-5-17(20)22/h6-9,13H,2-5,10-12H2,1H3,(H,19,21)(H,23,24)/t13-/m0/s1. The first-order valence-electron chi connectivity index (χ1n) is 8.35. The Balaban J connectivity index is 1.87. The van der Waals surface area contributed by atoms with Gasteiger partial charge in [0.25, 0.3) is 0 Å². The molecule has 1 saturated heterocycles. The number of carboxylic acids is 1. The number of nitrogens with one attached hydrogen (secondary N) is 1. The number of hydrogen-bond acceptors (Lipinski definition) is 3. The number of benzene rings is 1. The van der Waals surface area contributed by atoms with Crippen LogP contribution in [0.4, 0.5) is 5.69 Å². The Labute approximate surface area is 141 Å². The normalized spacial score (nSPS) is 16.4. The second kappa shape index (κ2) is 8.47. The first kappa shape index (κ1) is 18.0. The lowest BCUT2D eigenvalue weighted by molar-refractivity contribution is -0.141. The molecule has 0 spiro atoms. The van der Waals surface area contributed by atoms with Crippen molar-refractivity contribution in [1.82, 2.24) is 4.90 Å². The number of anilines is 1. The van der Waals surface area contributed by atoms with E-state index in [1.165, 1.54) is 0 Å². The highest BCUT2D eigenvalue weighted by Crippen LogP contribution is 2.14. The summed E-state index contributed by atoms with van der Waals surface area (Å²) in [5.74, 6) is -1.44. The van der Waals surface area contributed by atoms with Gasteiger partial charge in [-0.15, -0.1) is 0 Å². The Hall–Kier alpha value is -2.37. The van der Waals surface area contributed by atoms with E-state index >= 15 is 0 Å². The van der Waals surface area contributed by atoms with Crippen LogP contribution in [0.25, 0.3) is 0 Å². The maximum absolute atomic E-state index is 12.1. The number of amides is 2. The average Bonchev–Trinajstić information content (AvgIpc) is 2.74. The second-order valence-corrected chi connectivity index (χ2v) is 6.31. The number of carboxylic acid groups (broad SMARTS) is 1.